The lowest BCUT2D eigenvalue weighted by molar-refractivity contribution is 0.0518. The molecule has 1 amide bonds. The molecule has 168 valence electrons. The number of hydrogen-bond donors (Lipinski definition) is 0. The summed E-state index contributed by atoms with van der Waals surface area (Å²) in [5.41, 5.74) is 3.27. The number of nitrogens with zero attached hydrogens (tertiary/aromatic N) is 3. The van der Waals surface area contributed by atoms with Gasteiger partial charge in [0.25, 0.3) is 5.91 Å². The van der Waals surface area contributed by atoms with Gasteiger partial charge in [0, 0.05) is 24.2 Å². The number of aromatic nitrogens is 2. The van der Waals surface area contributed by atoms with Crippen molar-refractivity contribution in [3.8, 4) is 16.9 Å². The van der Waals surface area contributed by atoms with E-state index in [1.165, 1.54) is 0 Å². The molecule has 3 aromatic carbocycles. The summed E-state index contributed by atoms with van der Waals surface area (Å²) in [6.07, 6.45) is 0. The van der Waals surface area contributed by atoms with Gasteiger partial charge in [-0.2, -0.15) is 5.10 Å². The Labute approximate surface area is 193 Å². The molecule has 4 aromatic rings. The summed E-state index contributed by atoms with van der Waals surface area (Å²) in [6.45, 7) is 5.99. The van der Waals surface area contributed by atoms with E-state index < -0.39 is 5.97 Å². The second kappa shape index (κ2) is 9.28. The average molecular weight is 442 g/mol. The number of esters is 1. The van der Waals surface area contributed by atoms with Crippen LogP contribution in [0.1, 0.15) is 41.6 Å². The third kappa shape index (κ3) is 4.51. The maximum atomic E-state index is 12.7. The van der Waals surface area contributed by atoms with Crippen LogP contribution in [-0.2, 0) is 4.74 Å². The van der Waals surface area contributed by atoms with Gasteiger partial charge in [0.15, 0.2) is 5.69 Å². The smallest absolute Gasteiger partial charge is 0.358 e. The number of amides is 1. The molecule has 0 fully saturated rings. The minimum atomic E-state index is -0.469. The first kappa shape index (κ1) is 22.3. The largest absolute Gasteiger partial charge is 0.461 e. The second-order valence-electron chi connectivity index (χ2n) is 8.17. The van der Waals surface area contributed by atoms with Gasteiger partial charge in [-0.15, -0.1) is 0 Å². The maximum absolute atomic E-state index is 12.7. The Morgan fingerprint density at radius 3 is 2.33 bits per heavy atom. The first-order valence-corrected chi connectivity index (χ1v) is 11.0. The van der Waals surface area contributed by atoms with Crippen molar-refractivity contribution < 1.29 is 14.3 Å². The van der Waals surface area contributed by atoms with Crippen LogP contribution in [0.25, 0.3) is 27.7 Å². The summed E-state index contributed by atoms with van der Waals surface area (Å²) < 4.78 is 6.89. The molecule has 0 atom stereocenters. The molecule has 33 heavy (non-hydrogen) atoms. The zero-order valence-electron chi connectivity index (χ0n) is 19.3. The SMILES string of the molecule is CCOC(=O)c1cc(-c2ccc3ccccc3c2)n(-c2ccc(C(=O)N(C)C(C)C)cc2)n1. The van der Waals surface area contributed by atoms with Gasteiger partial charge in [0.05, 0.1) is 18.0 Å². The molecule has 0 aliphatic heterocycles. The fraction of sp³-hybridized carbons (Fsp3) is 0.222. The number of rotatable bonds is 6. The minimum absolute atomic E-state index is 0.0426. The van der Waals surface area contributed by atoms with Gasteiger partial charge in [0.2, 0.25) is 0 Å². The Kier molecular flexibility index (Phi) is 6.27. The molecule has 0 unspecified atom stereocenters. The van der Waals surface area contributed by atoms with E-state index in [1.807, 2.05) is 44.2 Å². The van der Waals surface area contributed by atoms with Gasteiger partial charge in [-0.3, -0.25) is 4.79 Å². The van der Waals surface area contributed by atoms with E-state index in [9.17, 15) is 9.59 Å². The molecule has 6 heteroatoms. The number of hydrogen-bond acceptors (Lipinski definition) is 4. The van der Waals surface area contributed by atoms with Crippen LogP contribution < -0.4 is 0 Å². The lowest BCUT2D eigenvalue weighted by Gasteiger charge is -2.21. The Hall–Kier alpha value is -3.93. The van der Waals surface area contributed by atoms with Crippen LogP contribution in [0, 0.1) is 0 Å². The van der Waals surface area contributed by atoms with Crippen LogP contribution in [0.4, 0.5) is 0 Å². The third-order valence-electron chi connectivity index (χ3n) is 5.69. The first-order chi connectivity index (χ1) is 15.9. The van der Waals surface area contributed by atoms with E-state index in [1.54, 1.807) is 41.8 Å². The first-order valence-electron chi connectivity index (χ1n) is 11.0. The molecule has 0 radical (unpaired) electrons. The normalized spacial score (nSPS) is 11.1. The van der Waals surface area contributed by atoms with Gasteiger partial charge < -0.3 is 9.64 Å². The van der Waals surface area contributed by atoms with Crippen molar-refractivity contribution in [1.29, 1.82) is 0 Å². The van der Waals surface area contributed by atoms with Crippen LogP contribution >= 0.6 is 0 Å². The van der Waals surface area contributed by atoms with E-state index in [0.29, 0.717) is 5.56 Å². The number of ether oxygens (including phenoxy) is 1. The predicted molar refractivity (Wildman–Crippen MR) is 130 cm³/mol. The lowest BCUT2D eigenvalue weighted by atomic mass is 10.0. The predicted octanol–water partition coefficient (Wildman–Crippen LogP) is 5.35. The molecule has 0 saturated heterocycles. The summed E-state index contributed by atoms with van der Waals surface area (Å²) in [5, 5.41) is 6.77. The maximum Gasteiger partial charge on any atom is 0.358 e. The highest BCUT2D eigenvalue weighted by Crippen LogP contribution is 2.28. The van der Waals surface area contributed by atoms with E-state index in [4.69, 9.17) is 4.74 Å². The Morgan fingerprint density at radius 1 is 0.970 bits per heavy atom. The number of fused-ring (bicyclic) bond motifs is 1. The Balaban J connectivity index is 1.78. The van der Waals surface area contributed by atoms with Gasteiger partial charge in [-0.1, -0.05) is 36.4 Å². The van der Waals surface area contributed by atoms with Crippen molar-refractivity contribution in [2.24, 2.45) is 0 Å². The van der Waals surface area contributed by atoms with E-state index in [0.717, 1.165) is 27.7 Å². The van der Waals surface area contributed by atoms with Crippen molar-refractivity contribution in [1.82, 2.24) is 14.7 Å². The van der Waals surface area contributed by atoms with Crippen molar-refractivity contribution in [3.63, 3.8) is 0 Å². The number of carbonyl (C=O) groups is 2. The summed E-state index contributed by atoms with van der Waals surface area (Å²) >= 11 is 0. The van der Waals surface area contributed by atoms with E-state index in [2.05, 4.69) is 29.4 Å². The second-order valence-corrected chi connectivity index (χ2v) is 8.17. The van der Waals surface area contributed by atoms with Crippen LogP contribution in [0.3, 0.4) is 0 Å². The molecule has 0 spiro atoms. The summed E-state index contributed by atoms with van der Waals surface area (Å²) in [6, 6.07) is 23.4. The average Bonchev–Trinajstić information content (AvgIpc) is 3.28. The van der Waals surface area contributed by atoms with Crippen LogP contribution in [0.5, 0.6) is 0 Å². The summed E-state index contributed by atoms with van der Waals surface area (Å²) in [4.78, 5) is 26.8. The van der Waals surface area contributed by atoms with E-state index >= 15 is 0 Å². The zero-order valence-corrected chi connectivity index (χ0v) is 19.3. The monoisotopic (exact) mass is 441 g/mol. The fourth-order valence-electron chi connectivity index (χ4n) is 3.62. The molecule has 0 N–H and O–H groups in total. The molecule has 0 bridgehead atoms. The molecule has 1 heterocycles. The third-order valence-corrected chi connectivity index (χ3v) is 5.69. The fourth-order valence-corrected chi connectivity index (χ4v) is 3.62. The molecule has 6 nitrogen and oxygen atoms in total. The molecular formula is C27H27N3O3. The Bertz CT molecular complexity index is 1310. The van der Waals surface area contributed by atoms with Crippen LogP contribution in [0.2, 0.25) is 0 Å². The van der Waals surface area contributed by atoms with Crippen LogP contribution in [-0.4, -0.2) is 46.3 Å². The highest BCUT2D eigenvalue weighted by Gasteiger charge is 2.19. The summed E-state index contributed by atoms with van der Waals surface area (Å²) in [5.74, 6) is -0.511. The van der Waals surface area contributed by atoms with Crippen molar-refractivity contribution in [2.45, 2.75) is 26.8 Å². The molecule has 1 aromatic heterocycles. The van der Waals surface area contributed by atoms with Crippen molar-refractivity contribution in [2.75, 3.05) is 13.7 Å². The minimum Gasteiger partial charge on any atom is -0.461 e. The molecule has 0 aliphatic carbocycles. The van der Waals surface area contributed by atoms with Crippen molar-refractivity contribution in [3.05, 3.63) is 84.1 Å². The Morgan fingerprint density at radius 2 is 1.67 bits per heavy atom. The molecule has 4 rings (SSSR count). The van der Waals surface area contributed by atoms with Gasteiger partial charge in [-0.25, -0.2) is 9.48 Å². The lowest BCUT2D eigenvalue weighted by Crippen LogP contribution is -2.32. The van der Waals surface area contributed by atoms with Gasteiger partial charge >= 0.3 is 5.97 Å². The molecule has 0 aliphatic rings. The topological polar surface area (TPSA) is 64.4 Å². The molecule has 0 saturated carbocycles. The van der Waals surface area contributed by atoms with Gasteiger partial charge in [-0.05, 0) is 67.9 Å². The quantitative estimate of drug-likeness (QED) is 0.379. The van der Waals surface area contributed by atoms with Gasteiger partial charge in [0.1, 0.15) is 0 Å². The van der Waals surface area contributed by atoms with Crippen molar-refractivity contribution >= 4 is 22.6 Å². The summed E-state index contributed by atoms with van der Waals surface area (Å²) in [7, 11) is 1.79. The molecular weight excluding hydrogens is 414 g/mol. The highest BCUT2D eigenvalue weighted by molar-refractivity contribution is 5.94. The number of carbonyl (C=O) groups excluding carboxylic acids is 2. The number of benzene rings is 3. The van der Waals surface area contributed by atoms with Crippen LogP contribution in [0.15, 0.2) is 72.8 Å². The zero-order chi connectivity index (χ0) is 23.5. The van der Waals surface area contributed by atoms with E-state index in [-0.39, 0.29) is 24.2 Å². The standard InChI is InChI=1S/C27H27N3O3/c1-5-33-27(32)24-17-25(22-11-10-19-8-6-7-9-21(19)16-22)30(28-24)23-14-12-20(13-15-23)26(31)29(4)18(2)3/h6-18H,5H2,1-4H3. The highest BCUT2D eigenvalue weighted by atomic mass is 16.5.